The number of rotatable bonds is 4. The number of anilines is 1. The molecule has 1 heterocycles. The number of carbonyl (C=O) groups excluding carboxylic acids is 1. The molecule has 0 spiro atoms. The van der Waals surface area contributed by atoms with Crippen molar-refractivity contribution < 1.29 is 4.79 Å². The van der Waals surface area contributed by atoms with Crippen molar-refractivity contribution in [3.05, 3.63) is 18.5 Å². The van der Waals surface area contributed by atoms with Gasteiger partial charge >= 0.3 is 0 Å². The number of hydrogen-bond donors (Lipinski definition) is 2. The Kier molecular flexibility index (Phi) is 4.03. The summed E-state index contributed by atoms with van der Waals surface area (Å²) < 4.78 is 0. The molecule has 0 bridgehead atoms. The Bertz CT molecular complexity index is 362. The smallest absolute Gasteiger partial charge is 0.241 e. The maximum Gasteiger partial charge on any atom is 0.241 e. The molecule has 0 aliphatic heterocycles. The number of aromatic nitrogens is 2. The minimum absolute atomic E-state index is 0.134. The molecule has 1 atom stereocenters. The minimum Gasteiger partial charge on any atom is -0.323 e. The van der Waals surface area contributed by atoms with E-state index in [9.17, 15) is 4.79 Å². The first-order chi connectivity index (χ1) is 8.25. The van der Waals surface area contributed by atoms with Crippen molar-refractivity contribution >= 4 is 11.6 Å². The maximum absolute atomic E-state index is 11.8. The molecule has 0 saturated heterocycles. The summed E-state index contributed by atoms with van der Waals surface area (Å²) in [4.78, 5) is 11.8. The molecule has 1 aromatic heterocycles. The van der Waals surface area contributed by atoms with E-state index in [1.165, 1.54) is 38.1 Å². The molecule has 92 valence electrons. The Morgan fingerprint density at radius 2 is 2.24 bits per heavy atom. The quantitative estimate of drug-likeness (QED) is 0.823. The van der Waals surface area contributed by atoms with Crippen LogP contribution in [0.1, 0.15) is 32.1 Å². The lowest BCUT2D eigenvalue weighted by Crippen LogP contribution is -2.37. The molecular formula is C12H18N4O. The highest BCUT2D eigenvalue weighted by atomic mass is 16.2. The third kappa shape index (κ3) is 3.49. The lowest BCUT2D eigenvalue weighted by atomic mass is 9.98. The van der Waals surface area contributed by atoms with E-state index in [1.807, 2.05) is 0 Å². The second kappa shape index (κ2) is 5.72. The van der Waals surface area contributed by atoms with Crippen LogP contribution in [0.25, 0.3) is 0 Å². The highest BCUT2D eigenvalue weighted by molar-refractivity contribution is 5.94. The van der Waals surface area contributed by atoms with Gasteiger partial charge in [-0.2, -0.15) is 10.2 Å². The van der Waals surface area contributed by atoms with Crippen molar-refractivity contribution in [2.75, 3.05) is 5.32 Å². The van der Waals surface area contributed by atoms with Gasteiger partial charge in [-0.05, 0) is 18.4 Å². The van der Waals surface area contributed by atoms with Crippen molar-refractivity contribution in [1.29, 1.82) is 0 Å². The molecule has 1 fully saturated rings. The van der Waals surface area contributed by atoms with Gasteiger partial charge in [0.25, 0.3) is 0 Å². The fourth-order valence-corrected chi connectivity index (χ4v) is 2.31. The van der Waals surface area contributed by atoms with Gasteiger partial charge in [0.05, 0.1) is 24.1 Å². The van der Waals surface area contributed by atoms with Crippen LogP contribution in [0, 0.1) is 5.92 Å². The van der Waals surface area contributed by atoms with Gasteiger partial charge in [-0.3, -0.25) is 4.79 Å². The monoisotopic (exact) mass is 234 g/mol. The molecule has 0 unspecified atom stereocenters. The fraction of sp³-hybridized carbons (Fsp3) is 0.583. The molecule has 1 aliphatic carbocycles. The van der Waals surface area contributed by atoms with Gasteiger partial charge < -0.3 is 11.1 Å². The summed E-state index contributed by atoms with van der Waals surface area (Å²) in [6.07, 6.45) is 8.79. The number of hydrogen-bond acceptors (Lipinski definition) is 4. The van der Waals surface area contributed by atoms with Crippen molar-refractivity contribution in [3.63, 3.8) is 0 Å². The third-order valence-corrected chi connectivity index (χ3v) is 3.25. The van der Waals surface area contributed by atoms with Crippen LogP contribution in [0.5, 0.6) is 0 Å². The lowest BCUT2D eigenvalue weighted by molar-refractivity contribution is -0.117. The normalized spacial score (nSPS) is 17.9. The average molecular weight is 234 g/mol. The average Bonchev–Trinajstić information content (AvgIpc) is 2.83. The van der Waals surface area contributed by atoms with E-state index in [0.29, 0.717) is 11.6 Å². The van der Waals surface area contributed by atoms with Crippen LogP contribution in [0.3, 0.4) is 0 Å². The Morgan fingerprint density at radius 3 is 2.88 bits per heavy atom. The van der Waals surface area contributed by atoms with E-state index in [1.54, 1.807) is 6.07 Å². The Labute approximate surface area is 101 Å². The van der Waals surface area contributed by atoms with Crippen molar-refractivity contribution in [2.24, 2.45) is 11.7 Å². The van der Waals surface area contributed by atoms with Crippen LogP contribution < -0.4 is 11.1 Å². The van der Waals surface area contributed by atoms with Gasteiger partial charge in [-0.25, -0.2) is 0 Å². The number of nitrogens with one attached hydrogen (secondary N) is 1. The van der Waals surface area contributed by atoms with Crippen LogP contribution >= 0.6 is 0 Å². The zero-order valence-electron chi connectivity index (χ0n) is 9.80. The van der Waals surface area contributed by atoms with Crippen LogP contribution in [0.4, 0.5) is 5.69 Å². The molecule has 17 heavy (non-hydrogen) atoms. The van der Waals surface area contributed by atoms with Gasteiger partial charge in [0.2, 0.25) is 5.91 Å². The SMILES string of the molecule is N[C@@H](CC1CCCC1)C(=O)Nc1ccnnc1. The lowest BCUT2D eigenvalue weighted by Gasteiger charge is -2.15. The second-order valence-electron chi connectivity index (χ2n) is 4.61. The molecule has 0 aromatic carbocycles. The summed E-state index contributed by atoms with van der Waals surface area (Å²) in [5.41, 5.74) is 6.54. The zero-order valence-corrected chi connectivity index (χ0v) is 9.80. The van der Waals surface area contributed by atoms with E-state index < -0.39 is 6.04 Å². The van der Waals surface area contributed by atoms with Crippen LogP contribution in [-0.4, -0.2) is 22.1 Å². The molecule has 0 radical (unpaired) electrons. The first kappa shape index (κ1) is 12.0. The fourth-order valence-electron chi connectivity index (χ4n) is 2.31. The zero-order chi connectivity index (χ0) is 12.1. The van der Waals surface area contributed by atoms with Gasteiger partial charge in [-0.1, -0.05) is 25.7 Å². The van der Waals surface area contributed by atoms with E-state index in [4.69, 9.17) is 5.73 Å². The molecule has 2 rings (SSSR count). The molecule has 5 heteroatoms. The van der Waals surface area contributed by atoms with E-state index in [0.717, 1.165) is 6.42 Å². The van der Waals surface area contributed by atoms with Gasteiger partial charge in [0, 0.05) is 0 Å². The topological polar surface area (TPSA) is 80.9 Å². The van der Waals surface area contributed by atoms with Crippen LogP contribution in [-0.2, 0) is 4.79 Å². The van der Waals surface area contributed by atoms with Gasteiger partial charge in [0.15, 0.2) is 0 Å². The number of amides is 1. The Hall–Kier alpha value is -1.49. The third-order valence-electron chi connectivity index (χ3n) is 3.25. The van der Waals surface area contributed by atoms with E-state index in [-0.39, 0.29) is 5.91 Å². The minimum atomic E-state index is -0.425. The van der Waals surface area contributed by atoms with E-state index >= 15 is 0 Å². The summed E-state index contributed by atoms with van der Waals surface area (Å²) in [6.45, 7) is 0. The highest BCUT2D eigenvalue weighted by Crippen LogP contribution is 2.28. The molecule has 5 nitrogen and oxygen atoms in total. The highest BCUT2D eigenvalue weighted by Gasteiger charge is 2.22. The predicted molar refractivity (Wildman–Crippen MR) is 65.2 cm³/mol. The Balaban J connectivity index is 1.82. The predicted octanol–water partition coefficient (Wildman–Crippen LogP) is 1.32. The summed E-state index contributed by atoms with van der Waals surface area (Å²) in [5.74, 6) is 0.483. The first-order valence-corrected chi connectivity index (χ1v) is 6.09. The molecular weight excluding hydrogens is 216 g/mol. The summed E-state index contributed by atoms with van der Waals surface area (Å²) >= 11 is 0. The maximum atomic E-state index is 11.8. The number of nitrogens with zero attached hydrogens (tertiary/aromatic N) is 2. The van der Waals surface area contributed by atoms with Crippen LogP contribution in [0.15, 0.2) is 18.5 Å². The molecule has 3 N–H and O–H groups in total. The standard InChI is InChI=1S/C12H18N4O/c13-11(7-9-3-1-2-4-9)12(17)16-10-5-6-14-15-8-10/h5-6,8-9,11H,1-4,7,13H2,(H,14,16,17)/t11-/m0/s1. The summed E-state index contributed by atoms with van der Waals surface area (Å²) in [5, 5.41) is 10.1. The number of carbonyl (C=O) groups is 1. The van der Waals surface area contributed by atoms with Gasteiger partial charge in [-0.15, -0.1) is 0 Å². The second-order valence-corrected chi connectivity index (χ2v) is 4.61. The molecule has 1 aromatic rings. The largest absolute Gasteiger partial charge is 0.323 e. The molecule has 1 saturated carbocycles. The summed E-state index contributed by atoms with van der Waals surface area (Å²) in [6, 6.07) is 1.28. The first-order valence-electron chi connectivity index (χ1n) is 6.09. The summed E-state index contributed by atoms with van der Waals surface area (Å²) in [7, 11) is 0. The molecule has 1 amide bonds. The Morgan fingerprint density at radius 1 is 1.47 bits per heavy atom. The number of nitrogens with two attached hydrogens (primary N) is 1. The van der Waals surface area contributed by atoms with Crippen molar-refractivity contribution in [1.82, 2.24) is 10.2 Å². The molecule has 1 aliphatic rings. The van der Waals surface area contributed by atoms with Crippen molar-refractivity contribution in [2.45, 2.75) is 38.1 Å². The van der Waals surface area contributed by atoms with Gasteiger partial charge in [0.1, 0.15) is 0 Å². The van der Waals surface area contributed by atoms with E-state index in [2.05, 4.69) is 15.5 Å². The van der Waals surface area contributed by atoms with Crippen molar-refractivity contribution in [3.8, 4) is 0 Å². The van der Waals surface area contributed by atoms with Crippen LogP contribution in [0.2, 0.25) is 0 Å².